The minimum absolute atomic E-state index is 0.121. The third-order valence-corrected chi connectivity index (χ3v) is 2.38. The molecule has 0 fully saturated rings. The van der Waals surface area contributed by atoms with Gasteiger partial charge in [0.15, 0.2) is 0 Å². The van der Waals surface area contributed by atoms with Crippen LogP contribution >= 0.6 is 0 Å². The predicted octanol–water partition coefficient (Wildman–Crippen LogP) is 1.73. The van der Waals surface area contributed by atoms with E-state index < -0.39 is 0 Å². The van der Waals surface area contributed by atoms with Gasteiger partial charge in [-0.2, -0.15) is 5.26 Å². The molecule has 0 amide bonds. The Morgan fingerprint density at radius 2 is 2.31 bits per heavy atom. The van der Waals surface area contributed by atoms with E-state index in [0.717, 1.165) is 0 Å². The number of rotatable bonds is 5. The first kappa shape index (κ1) is 12.6. The fourth-order valence-electron chi connectivity index (χ4n) is 1.46. The summed E-state index contributed by atoms with van der Waals surface area (Å²) < 4.78 is 13.6. The zero-order valence-electron chi connectivity index (χ0n) is 9.20. The van der Waals surface area contributed by atoms with Crippen molar-refractivity contribution in [2.45, 2.75) is 19.4 Å². The summed E-state index contributed by atoms with van der Waals surface area (Å²) in [6, 6.07) is 6.22. The van der Waals surface area contributed by atoms with Crippen LogP contribution in [-0.4, -0.2) is 18.3 Å². The summed E-state index contributed by atoms with van der Waals surface area (Å²) in [6.45, 7) is 2.61. The number of nitrogens with zero attached hydrogens (tertiary/aromatic N) is 1. The molecule has 1 atom stereocenters. The molecule has 0 spiro atoms. The van der Waals surface area contributed by atoms with Gasteiger partial charge < -0.3 is 10.4 Å². The molecule has 0 aliphatic rings. The van der Waals surface area contributed by atoms with E-state index in [1.165, 1.54) is 6.07 Å². The van der Waals surface area contributed by atoms with Crippen LogP contribution in [0, 0.1) is 17.1 Å². The van der Waals surface area contributed by atoms with E-state index in [-0.39, 0.29) is 18.5 Å². The highest BCUT2D eigenvalue weighted by atomic mass is 19.1. The summed E-state index contributed by atoms with van der Waals surface area (Å²) in [6.07, 6.45) is 0.641. The van der Waals surface area contributed by atoms with Gasteiger partial charge in [0.05, 0.1) is 11.6 Å². The maximum Gasteiger partial charge on any atom is 0.129 e. The molecule has 0 aliphatic heterocycles. The standard InChI is InChI=1S/C12H15FN2O/c1-9(15-5-2-6-16)11-4-3-10(8-14)7-12(11)13/h3-4,7,9,15-16H,2,5-6H2,1H3. The normalized spacial score (nSPS) is 12.1. The van der Waals surface area contributed by atoms with Crippen molar-refractivity contribution in [2.75, 3.05) is 13.2 Å². The smallest absolute Gasteiger partial charge is 0.129 e. The lowest BCUT2D eigenvalue weighted by atomic mass is 10.1. The molecular weight excluding hydrogens is 207 g/mol. The number of hydrogen-bond acceptors (Lipinski definition) is 3. The first-order valence-electron chi connectivity index (χ1n) is 5.23. The molecule has 0 bridgehead atoms. The second kappa shape index (κ2) is 6.21. The third kappa shape index (κ3) is 3.30. The molecular formula is C12H15FN2O. The Morgan fingerprint density at radius 1 is 1.56 bits per heavy atom. The molecule has 0 aliphatic carbocycles. The van der Waals surface area contributed by atoms with Crippen LogP contribution in [0.15, 0.2) is 18.2 Å². The van der Waals surface area contributed by atoms with Crippen LogP contribution in [0.3, 0.4) is 0 Å². The van der Waals surface area contributed by atoms with Crippen molar-refractivity contribution in [1.82, 2.24) is 5.32 Å². The van der Waals surface area contributed by atoms with Gasteiger partial charge in [0.1, 0.15) is 5.82 Å². The van der Waals surface area contributed by atoms with Gasteiger partial charge >= 0.3 is 0 Å². The average Bonchev–Trinajstić information content (AvgIpc) is 2.29. The SMILES string of the molecule is CC(NCCCO)c1ccc(C#N)cc1F. The molecule has 1 aromatic carbocycles. The molecule has 0 heterocycles. The first-order chi connectivity index (χ1) is 7.69. The summed E-state index contributed by atoms with van der Waals surface area (Å²) in [5.74, 6) is -0.372. The largest absolute Gasteiger partial charge is 0.396 e. The van der Waals surface area contributed by atoms with E-state index in [0.29, 0.717) is 24.1 Å². The van der Waals surface area contributed by atoms with Gasteiger partial charge in [0, 0.05) is 18.2 Å². The molecule has 16 heavy (non-hydrogen) atoms. The lowest BCUT2D eigenvalue weighted by Gasteiger charge is -2.14. The summed E-state index contributed by atoms with van der Waals surface area (Å²) in [7, 11) is 0. The van der Waals surface area contributed by atoms with Crippen LogP contribution in [0.2, 0.25) is 0 Å². The molecule has 0 aromatic heterocycles. The molecule has 0 saturated carbocycles. The van der Waals surface area contributed by atoms with E-state index >= 15 is 0 Å². The van der Waals surface area contributed by atoms with Gasteiger partial charge in [-0.05, 0) is 32.0 Å². The Balaban J connectivity index is 2.69. The Morgan fingerprint density at radius 3 is 2.88 bits per heavy atom. The van der Waals surface area contributed by atoms with Crippen molar-refractivity contribution in [2.24, 2.45) is 0 Å². The summed E-state index contributed by atoms with van der Waals surface area (Å²) in [4.78, 5) is 0. The number of aliphatic hydroxyl groups is 1. The van der Waals surface area contributed by atoms with Crippen molar-refractivity contribution in [3.05, 3.63) is 35.1 Å². The second-order valence-corrected chi connectivity index (χ2v) is 3.60. The van der Waals surface area contributed by atoms with Crippen molar-refractivity contribution < 1.29 is 9.50 Å². The lowest BCUT2D eigenvalue weighted by molar-refractivity contribution is 0.283. The molecule has 1 aromatic rings. The fraction of sp³-hybridized carbons (Fsp3) is 0.417. The highest BCUT2D eigenvalue weighted by molar-refractivity contribution is 5.34. The Hall–Kier alpha value is -1.44. The van der Waals surface area contributed by atoms with Gasteiger partial charge in [-0.15, -0.1) is 0 Å². The van der Waals surface area contributed by atoms with E-state index in [1.807, 2.05) is 13.0 Å². The van der Waals surface area contributed by atoms with Crippen LogP contribution in [0.25, 0.3) is 0 Å². The van der Waals surface area contributed by atoms with E-state index in [9.17, 15) is 4.39 Å². The summed E-state index contributed by atoms with van der Waals surface area (Å²) in [5.41, 5.74) is 0.862. The van der Waals surface area contributed by atoms with Crippen molar-refractivity contribution >= 4 is 0 Å². The van der Waals surface area contributed by atoms with Crippen molar-refractivity contribution in [3.8, 4) is 6.07 Å². The molecule has 1 unspecified atom stereocenters. The third-order valence-electron chi connectivity index (χ3n) is 2.38. The second-order valence-electron chi connectivity index (χ2n) is 3.60. The number of halogens is 1. The zero-order chi connectivity index (χ0) is 12.0. The van der Waals surface area contributed by atoms with Gasteiger partial charge in [-0.25, -0.2) is 4.39 Å². The van der Waals surface area contributed by atoms with Crippen LogP contribution in [-0.2, 0) is 0 Å². The van der Waals surface area contributed by atoms with Gasteiger partial charge in [0.2, 0.25) is 0 Å². The zero-order valence-corrected chi connectivity index (χ0v) is 9.20. The Bertz CT molecular complexity index is 387. The number of nitrogens with one attached hydrogen (secondary N) is 1. The summed E-state index contributed by atoms with van der Waals surface area (Å²) >= 11 is 0. The minimum Gasteiger partial charge on any atom is -0.396 e. The first-order valence-corrected chi connectivity index (χ1v) is 5.23. The van der Waals surface area contributed by atoms with Crippen molar-refractivity contribution in [3.63, 3.8) is 0 Å². The van der Waals surface area contributed by atoms with Gasteiger partial charge in [-0.1, -0.05) is 6.07 Å². The predicted molar refractivity (Wildman–Crippen MR) is 59.2 cm³/mol. The highest BCUT2D eigenvalue weighted by Gasteiger charge is 2.10. The highest BCUT2D eigenvalue weighted by Crippen LogP contribution is 2.17. The molecule has 86 valence electrons. The lowest BCUT2D eigenvalue weighted by Crippen LogP contribution is -2.21. The molecule has 4 heteroatoms. The maximum atomic E-state index is 13.6. The summed E-state index contributed by atoms with van der Waals surface area (Å²) in [5, 5.41) is 20.3. The molecule has 1 rings (SSSR count). The van der Waals surface area contributed by atoms with Crippen LogP contribution in [0.4, 0.5) is 4.39 Å². The average molecular weight is 222 g/mol. The topological polar surface area (TPSA) is 56.0 Å². The number of aliphatic hydroxyl groups excluding tert-OH is 1. The van der Waals surface area contributed by atoms with E-state index in [2.05, 4.69) is 5.32 Å². The molecule has 0 radical (unpaired) electrons. The Labute approximate surface area is 94.5 Å². The minimum atomic E-state index is -0.372. The number of nitriles is 1. The molecule has 3 nitrogen and oxygen atoms in total. The van der Waals surface area contributed by atoms with Gasteiger partial charge in [-0.3, -0.25) is 0 Å². The quantitative estimate of drug-likeness (QED) is 0.746. The monoisotopic (exact) mass is 222 g/mol. The molecule has 2 N–H and O–H groups in total. The Kier molecular flexibility index (Phi) is 4.90. The van der Waals surface area contributed by atoms with Crippen molar-refractivity contribution in [1.29, 1.82) is 5.26 Å². The number of benzene rings is 1. The number of hydrogen-bond donors (Lipinski definition) is 2. The van der Waals surface area contributed by atoms with E-state index in [1.54, 1.807) is 12.1 Å². The fourth-order valence-corrected chi connectivity index (χ4v) is 1.46. The maximum absolute atomic E-state index is 13.6. The molecule has 0 saturated heterocycles. The van der Waals surface area contributed by atoms with E-state index in [4.69, 9.17) is 10.4 Å². The van der Waals surface area contributed by atoms with Crippen LogP contribution < -0.4 is 5.32 Å². The van der Waals surface area contributed by atoms with Gasteiger partial charge in [0.25, 0.3) is 0 Å². The van der Waals surface area contributed by atoms with Crippen LogP contribution in [0.5, 0.6) is 0 Å². The van der Waals surface area contributed by atoms with Crippen LogP contribution in [0.1, 0.15) is 30.5 Å².